The molecule has 19 heavy (non-hydrogen) atoms. The number of thioether (sulfide) groups is 1. The van der Waals surface area contributed by atoms with E-state index < -0.39 is 0 Å². The molecule has 0 aliphatic heterocycles. The molecule has 0 radical (unpaired) electrons. The Bertz CT molecular complexity index is 415. The van der Waals surface area contributed by atoms with Crippen LogP contribution in [0, 0.1) is 5.92 Å². The summed E-state index contributed by atoms with van der Waals surface area (Å²) in [5.41, 5.74) is 1.25. The van der Waals surface area contributed by atoms with Crippen LogP contribution in [0.5, 0.6) is 0 Å². The van der Waals surface area contributed by atoms with E-state index in [2.05, 4.69) is 40.7 Å². The quantitative estimate of drug-likeness (QED) is 0.777. The summed E-state index contributed by atoms with van der Waals surface area (Å²) in [6.07, 6.45) is 4.63. The highest BCUT2D eigenvalue weighted by Crippen LogP contribution is 2.27. The van der Waals surface area contributed by atoms with E-state index >= 15 is 0 Å². The number of nitrogens with zero attached hydrogens (tertiary/aromatic N) is 1. The molecule has 0 atom stereocenters. The highest BCUT2D eigenvalue weighted by molar-refractivity contribution is 7.98. The number of carbonyl (C=O) groups excluding carboxylic acids is 1. The van der Waals surface area contributed by atoms with E-state index in [4.69, 9.17) is 0 Å². The fraction of sp³-hybridized carbons (Fsp3) is 0.533. The molecule has 0 heterocycles. The Balaban J connectivity index is 1.72. The second kappa shape index (κ2) is 6.96. The number of benzene rings is 1. The van der Waals surface area contributed by atoms with E-state index in [0.29, 0.717) is 6.54 Å². The third-order valence-corrected chi connectivity index (χ3v) is 4.05. The average molecular weight is 278 g/mol. The highest BCUT2D eigenvalue weighted by Gasteiger charge is 2.21. The number of rotatable bonds is 7. The maximum atomic E-state index is 11.7. The first-order chi connectivity index (χ1) is 9.17. The summed E-state index contributed by atoms with van der Waals surface area (Å²) in [6, 6.07) is 8.51. The first-order valence-corrected chi connectivity index (χ1v) is 7.98. The van der Waals surface area contributed by atoms with Crippen LogP contribution in [-0.2, 0) is 11.3 Å². The zero-order chi connectivity index (χ0) is 13.7. The van der Waals surface area contributed by atoms with Gasteiger partial charge in [0.1, 0.15) is 0 Å². The van der Waals surface area contributed by atoms with Crippen molar-refractivity contribution in [3.63, 3.8) is 0 Å². The van der Waals surface area contributed by atoms with Gasteiger partial charge in [0, 0.05) is 18.0 Å². The first kappa shape index (κ1) is 14.4. The first-order valence-electron chi connectivity index (χ1n) is 6.75. The van der Waals surface area contributed by atoms with Crippen molar-refractivity contribution in [3.05, 3.63) is 29.8 Å². The summed E-state index contributed by atoms with van der Waals surface area (Å²) in [7, 11) is 1.99. The van der Waals surface area contributed by atoms with Crippen LogP contribution in [-0.4, -0.2) is 37.2 Å². The second-order valence-corrected chi connectivity index (χ2v) is 6.15. The highest BCUT2D eigenvalue weighted by atomic mass is 32.2. The summed E-state index contributed by atoms with van der Waals surface area (Å²) >= 11 is 1.74. The molecule has 1 N–H and O–H groups in total. The van der Waals surface area contributed by atoms with Crippen molar-refractivity contribution in [2.75, 3.05) is 26.4 Å². The maximum absolute atomic E-state index is 11.7. The van der Waals surface area contributed by atoms with Crippen LogP contribution in [0.15, 0.2) is 29.2 Å². The molecular formula is C15H22N2OS. The Kier molecular flexibility index (Phi) is 5.28. The topological polar surface area (TPSA) is 32.3 Å². The van der Waals surface area contributed by atoms with Gasteiger partial charge in [0.2, 0.25) is 5.91 Å². The molecule has 0 saturated heterocycles. The summed E-state index contributed by atoms with van der Waals surface area (Å²) in [4.78, 5) is 15.0. The third-order valence-electron chi connectivity index (χ3n) is 3.31. The van der Waals surface area contributed by atoms with Gasteiger partial charge in [-0.3, -0.25) is 9.69 Å². The van der Waals surface area contributed by atoms with E-state index in [1.165, 1.54) is 23.3 Å². The predicted octanol–water partition coefficient (Wildman–Crippen LogP) is 2.37. The smallest absolute Gasteiger partial charge is 0.234 e. The van der Waals surface area contributed by atoms with Gasteiger partial charge in [0.25, 0.3) is 0 Å². The van der Waals surface area contributed by atoms with Crippen LogP contribution in [0.3, 0.4) is 0 Å². The molecule has 1 fully saturated rings. The predicted molar refractivity (Wildman–Crippen MR) is 80.3 cm³/mol. The van der Waals surface area contributed by atoms with Crippen LogP contribution < -0.4 is 5.32 Å². The van der Waals surface area contributed by atoms with Gasteiger partial charge in [-0.05, 0) is 49.8 Å². The molecule has 0 bridgehead atoms. The molecule has 4 heteroatoms. The van der Waals surface area contributed by atoms with Crippen molar-refractivity contribution in [1.29, 1.82) is 0 Å². The van der Waals surface area contributed by atoms with Crippen LogP contribution >= 0.6 is 11.8 Å². The molecule has 1 amide bonds. The van der Waals surface area contributed by atoms with Crippen molar-refractivity contribution in [2.24, 2.45) is 5.92 Å². The van der Waals surface area contributed by atoms with E-state index in [9.17, 15) is 4.79 Å². The lowest BCUT2D eigenvalue weighted by Gasteiger charge is -2.16. The van der Waals surface area contributed by atoms with Crippen molar-refractivity contribution >= 4 is 17.7 Å². The summed E-state index contributed by atoms with van der Waals surface area (Å²) in [5.74, 6) is 0.878. The SMILES string of the molecule is CSc1ccc(CN(C)CC(=O)NCC2CC2)cc1. The molecule has 1 aromatic carbocycles. The van der Waals surface area contributed by atoms with Gasteiger partial charge >= 0.3 is 0 Å². The lowest BCUT2D eigenvalue weighted by atomic mass is 10.2. The van der Waals surface area contributed by atoms with Crippen molar-refractivity contribution in [3.8, 4) is 0 Å². The molecule has 0 spiro atoms. The molecule has 3 nitrogen and oxygen atoms in total. The Morgan fingerprint density at radius 2 is 2.05 bits per heavy atom. The molecule has 0 aromatic heterocycles. The van der Waals surface area contributed by atoms with Crippen LogP contribution in [0.2, 0.25) is 0 Å². The standard InChI is InChI=1S/C15H22N2OS/c1-17(11-15(18)16-9-12-3-4-12)10-13-5-7-14(19-2)8-6-13/h5-8,12H,3-4,9-11H2,1-2H3,(H,16,18). The molecule has 2 rings (SSSR count). The number of hydrogen-bond acceptors (Lipinski definition) is 3. The fourth-order valence-electron chi connectivity index (χ4n) is 1.98. The summed E-state index contributed by atoms with van der Waals surface area (Å²) < 4.78 is 0. The number of likely N-dealkylation sites (N-methyl/N-ethyl adjacent to an activating group) is 1. The van der Waals surface area contributed by atoms with Gasteiger partial charge in [0.05, 0.1) is 6.54 Å². The average Bonchev–Trinajstić information content (AvgIpc) is 3.21. The van der Waals surface area contributed by atoms with E-state index in [1.807, 2.05) is 7.05 Å². The van der Waals surface area contributed by atoms with Crippen molar-refractivity contribution in [2.45, 2.75) is 24.3 Å². The Morgan fingerprint density at radius 3 is 2.63 bits per heavy atom. The Morgan fingerprint density at radius 1 is 1.37 bits per heavy atom. The van der Waals surface area contributed by atoms with Crippen LogP contribution in [0.1, 0.15) is 18.4 Å². The van der Waals surface area contributed by atoms with Gasteiger partial charge in [-0.25, -0.2) is 0 Å². The van der Waals surface area contributed by atoms with Gasteiger partial charge in [-0.1, -0.05) is 12.1 Å². The largest absolute Gasteiger partial charge is 0.355 e. The summed E-state index contributed by atoms with van der Waals surface area (Å²) in [5, 5.41) is 3.00. The molecule has 1 aromatic rings. The zero-order valence-corrected chi connectivity index (χ0v) is 12.5. The minimum absolute atomic E-state index is 0.134. The zero-order valence-electron chi connectivity index (χ0n) is 11.7. The lowest BCUT2D eigenvalue weighted by molar-refractivity contribution is -0.122. The minimum Gasteiger partial charge on any atom is -0.355 e. The molecule has 1 aliphatic rings. The second-order valence-electron chi connectivity index (χ2n) is 5.27. The van der Waals surface area contributed by atoms with Gasteiger partial charge < -0.3 is 5.32 Å². The van der Waals surface area contributed by atoms with Gasteiger partial charge in [-0.2, -0.15) is 0 Å². The molecule has 1 saturated carbocycles. The lowest BCUT2D eigenvalue weighted by Crippen LogP contribution is -2.35. The number of hydrogen-bond donors (Lipinski definition) is 1. The maximum Gasteiger partial charge on any atom is 0.234 e. The molecule has 1 aliphatic carbocycles. The van der Waals surface area contributed by atoms with Crippen LogP contribution in [0.25, 0.3) is 0 Å². The number of amides is 1. The molecule has 0 unspecified atom stereocenters. The van der Waals surface area contributed by atoms with Crippen molar-refractivity contribution in [1.82, 2.24) is 10.2 Å². The third kappa shape index (κ3) is 5.25. The van der Waals surface area contributed by atoms with E-state index in [1.54, 1.807) is 11.8 Å². The van der Waals surface area contributed by atoms with Crippen LogP contribution in [0.4, 0.5) is 0 Å². The van der Waals surface area contributed by atoms with E-state index in [-0.39, 0.29) is 5.91 Å². The summed E-state index contributed by atoms with van der Waals surface area (Å²) in [6.45, 7) is 2.14. The van der Waals surface area contributed by atoms with Crippen molar-refractivity contribution < 1.29 is 4.79 Å². The number of carbonyl (C=O) groups is 1. The Labute approximate surface area is 119 Å². The van der Waals surface area contributed by atoms with E-state index in [0.717, 1.165) is 19.0 Å². The normalized spacial score (nSPS) is 14.7. The fourth-order valence-corrected chi connectivity index (χ4v) is 2.39. The molecular weight excluding hydrogens is 256 g/mol. The monoisotopic (exact) mass is 278 g/mol. The Hall–Kier alpha value is -1.00. The number of nitrogens with one attached hydrogen (secondary N) is 1. The van der Waals surface area contributed by atoms with Gasteiger partial charge in [-0.15, -0.1) is 11.8 Å². The molecule has 104 valence electrons. The van der Waals surface area contributed by atoms with Gasteiger partial charge in [0.15, 0.2) is 0 Å². The minimum atomic E-state index is 0.134.